The maximum absolute atomic E-state index is 5.53. The molecule has 1 saturated heterocycles. The predicted molar refractivity (Wildman–Crippen MR) is 63.1 cm³/mol. The molecule has 16 heavy (non-hydrogen) atoms. The number of hydrogen-bond acceptors (Lipinski definition) is 5. The summed E-state index contributed by atoms with van der Waals surface area (Å²) in [6, 6.07) is 2.23. The Balaban J connectivity index is 1.93. The first-order chi connectivity index (χ1) is 7.75. The number of ether oxygens (including phenoxy) is 1. The van der Waals surface area contributed by atoms with Crippen molar-refractivity contribution in [1.82, 2.24) is 9.97 Å². The second kappa shape index (κ2) is 5.12. The third kappa shape index (κ3) is 2.82. The van der Waals surface area contributed by atoms with Gasteiger partial charge >= 0.3 is 0 Å². The van der Waals surface area contributed by atoms with Gasteiger partial charge < -0.3 is 15.8 Å². The SMILES string of the molecule is CC(Nc1ccnc(N)n1)C1CCOCC1. The van der Waals surface area contributed by atoms with Gasteiger partial charge in [-0.1, -0.05) is 0 Å². The van der Waals surface area contributed by atoms with Crippen LogP contribution in [0.1, 0.15) is 19.8 Å². The molecule has 1 fully saturated rings. The molecule has 0 aromatic carbocycles. The smallest absolute Gasteiger partial charge is 0.221 e. The van der Waals surface area contributed by atoms with Crippen molar-refractivity contribution in [3.63, 3.8) is 0 Å². The van der Waals surface area contributed by atoms with Gasteiger partial charge in [0.15, 0.2) is 0 Å². The predicted octanol–water partition coefficient (Wildman–Crippen LogP) is 1.29. The second-order valence-corrected chi connectivity index (χ2v) is 4.18. The highest BCUT2D eigenvalue weighted by Gasteiger charge is 2.20. The quantitative estimate of drug-likeness (QED) is 0.806. The van der Waals surface area contributed by atoms with Crippen LogP contribution in [0, 0.1) is 5.92 Å². The second-order valence-electron chi connectivity index (χ2n) is 4.18. The Bertz CT molecular complexity index is 339. The van der Waals surface area contributed by atoms with Crippen LogP contribution in [-0.2, 0) is 4.74 Å². The van der Waals surface area contributed by atoms with E-state index in [1.807, 2.05) is 6.07 Å². The molecule has 1 aliphatic heterocycles. The minimum atomic E-state index is 0.309. The molecule has 1 aromatic rings. The van der Waals surface area contributed by atoms with E-state index in [2.05, 4.69) is 22.2 Å². The average Bonchev–Trinajstić information content (AvgIpc) is 2.30. The average molecular weight is 222 g/mol. The van der Waals surface area contributed by atoms with Gasteiger partial charge in [0.2, 0.25) is 5.95 Å². The van der Waals surface area contributed by atoms with Gasteiger partial charge in [-0.25, -0.2) is 4.98 Å². The van der Waals surface area contributed by atoms with Crippen LogP contribution in [0.2, 0.25) is 0 Å². The summed E-state index contributed by atoms with van der Waals surface area (Å²) in [5.74, 6) is 1.75. The van der Waals surface area contributed by atoms with E-state index in [0.717, 1.165) is 31.9 Å². The molecule has 1 atom stereocenters. The first kappa shape index (κ1) is 11.1. The van der Waals surface area contributed by atoms with Crippen molar-refractivity contribution < 1.29 is 4.74 Å². The number of nitrogens with zero attached hydrogens (tertiary/aromatic N) is 2. The van der Waals surface area contributed by atoms with Gasteiger partial charge in [0.1, 0.15) is 5.82 Å². The number of hydrogen-bond donors (Lipinski definition) is 2. The molecule has 0 saturated carbocycles. The lowest BCUT2D eigenvalue weighted by Gasteiger charge is -2.28. The molecule has 1 aliphatic rings. The molecule has 88 valence electrons. The molecule has 0 spiro atoms. The first-order valence-corrected chi connectivity index (χ1v) is 5.68. The van der Waals surface area contributed by atoms with Crippen molar-refractivity contribution in [2.75, 3.05) is 24.3 Å². The summed E-state index contributed by atoms with van der Waals surface area (Å²) in [7, 11) is 0. The number of anilines is 2. The van der Waals surface area contributed by atoms with Crippen molar-refractivity contribution in [2.24, 2.45) is 5.92 Å². The van der Waals surface area contributed by atoms with E-state index in [-0.39, 0.29) is 0 Å². The topological polar surface area (TPSA) is 73.1 Å². The molecule has 0 amide bonds. The van der Waals surface area contributed by atoms with E-state index in [1.54, 1.807) is 6.20 Å². The van der Waals surface area contributed by atoms with Crippen LogP contribution in [0.25, 0.3) is 0 Å². The highest BCUT2D eigenvalue weighted by molar-refractivity contribution is 5.38. The van der Waals surface area contributed by atoms with Crippen molar-refractivity contribution in [1.29, 1.82) is 0 Å². The van der Waals surface area contributed by atoms with Gasteiger partial charge in [-0.05, 0) is 31.7 Å². The molecule has 1 unspecified atom stereocenters. The minimum absolute atomic E-state index is 0.309. The monoisotopic (exact) mass is 222 g/mol. The summed E-state index contributed by atoms with van der Waals surface area (Å²) in [5.41, 5.74) is 5.53. The Morgan fingerprint density at radius 1 is 1.50 bits per heavy atom. The van der Waals surface area contributed by atoms with E-state index in [1.165, 1.54) is 0 Å². The lowest BCUT2D eigenvalue weighted by molar-refractivity contribution is 0.0622. The zero-order chi connectivity index (χ0) is 11.4. The van der Waals surface area contributed by atoms with Gasteiger partial charge in [-0.3, -0.25) is 0 Å². The standard InChI is InChI=1S/C11H18N4O/c1-8(9-3-6-16-7-4-9)14-10-2-5-13-11(12)15-10/h2,5,8-9H,3-4,6-7H2,1H3,(H3,12,13,14,15). The number of rotatable bonds is 3. The van der Waals surface area contributed by atoms with Crippen LogP contribution in [0.15, 0.2) is 12.3 Å². The van der Waals surface area contributed by atoms with Gasteiger partial charge in [0, 0.05) is 25.5 Å². The normalized spacial score (nSPS) is 19.3. The van der Waals surface area contributed by atoms with Crippen molar-refractivity contribution in [2.45, 2.75) is 25.8 Å². The molecule has 2 rings (SSSR count). The number of nitrogen functional groups attached to an aromatic ring is 1. The summed E-state index contributed by atoms with van der Waals surface area (Å²) >= 11 is 0. The Hall–Kier alpha value is -1.36. The maximum Gasteiger partial charge on any atom is 0.221 e. The van der Waals surface area contributed by atoms with E-state index < -0.39 is 0 Å². The number of nitrogens with one attached hydrogen (secondary N) is 1. The van der Waals surface area contributed by atoms with Crippen LogP contribution in [0.4, 0.5) is 11.8 Å². The summed E-state index contributed by atoms with van der Waals surface area (Å²) in [5, 5.41) is 3.37. The molecule has 5 heteroatoms. The van der Waals surface area contributed by atoms with Crippen LogP contribution >= 0.6 is 0 Å². The third-order valence-electron chi connectivity index (χ3n) is 3.02. The molecule has 1 aromatic heterocycles. The van der Waals surface area contributed by atoms with Crippen molar-refractivity contribution >= 4 is 11.8 Å². The van der Waals surface area contributed by atoms with E-state index in [9.17, 15) is 0 Å². The lowest BCUT2D eigenvalue weighted by Crippen LogP contribution is -2.31. The number of aromatic nitrogens is 2. The van der Waals surface area contributed by atoms with Gasteiger partial charge in [0.25, 0.3) is 0 Å². The Morgan fingerprint density at radius 2 is 2.25 bits per heavy atom. The highest BCUT2D eigenvalue weighted by Crippen LogP contribution is 2.21. The summed E-state index contributed by atoms with van der Waals surface area (Å²) in [6.07, 6.45) is 3.88. The molecular weight excluding hydrogens is 204 g/mol. The fraction of sp³-hybridized carbons (Fsp3) is 0.636. The summed E-state index contributed by atoms with van der Waals surface area (Å²) in [4.78, 5) is 8.00. The fourth-order valence-corrected chi connectivity index (χ4v) is 2.02. The molecule has 2 heterocycles. The van der Waals surface area contributed by atoms with Crippen LogP contribution in [0.3, 0.4) is 0 Å². The molecular formula is C11H18N4O. The third-order valence-corrected chi connectivity index (χ3v) is 3.02. The molecule has 0 aliphatic carbocycles. The number of nitrogens with two attached hydrogens (primary N) is 1. The van der Waals surface area contributed by atoms with E-state index >= 15 is 0 Å². The van der Waals surface area contributed by atoms with E-state index in [0.29, 0.717) is 17.9 Å². The van der Waals surface area contributed by atoms with E-state index in [4.69, 9.17) is 10.5 Å². The van der Waals surface area contributed by atoms with Crippen molar-refractivity contribution in [3.05, 3.63) is 12.3 Å². The first-order valence-electron chi connectivity index (χ1n) is 5.68. The zero-order valence-electron chi connectivity index (χ0n) is 9.52. The Kier molecular flexibility index (Phi) is 3.56. The zero-order valence-corrected chi connectivity index (χ0v) is 9.52. The van der Waals surface area contributed by atoms with Gasteiger partial charge in [-0.15, -0.1) is 0 Å². The Morgan fingerprint density at radius 3 is 2.94 bits per heavy atom. The molecule has 3 N–H and O–H groups in total. The molecule has 0 radical (unpaired) electrons. The summed E-state index contributed by atoms with van der Waals surface area (Å²) < 4.78 is 5.35. The van der Waals surface area contributed by atoms with Crippen LogP contribution in [-0.4, -0.2) is 29.2 Å². The maximum atomic E-state index is 5.53. The molecule has 5 nitrogen and oxygen atoms in total. The van der Waals surface area contributed by atoms with Crippen molar-refractivity contribution in [3.8, 4) is 0 Å². The Labute approximate surface area is 95.4 Å². The van der Waals surface area contributed by atoms with Gasteiger partial charge in [0.05, 0.1) is 0 Å². The summed E-state index contributed by atoms with van der Waals surface area (Å²) in [6.45, 7) is 3.90. The fourth-order valence-electron chi connectivity index (χ4n) is 2.02. The highest BCUT2D eigenvalue weighted by atomic mass is 16.5. The van der Waals surface area contributed by atoms with Crippen LogP contribution in [0.5, 0.6) is 0 Å². The minimum Gasteiger partial charge on any atom is -0.381 e. The lowest BCUT2D eigenvalue weighted by atomic mass is 9.93. The molecule has 0 bridgehead atoms. The van der Waals surface area contributed by atoms with Crippen LogP contribution < -0.4 is 11.1 Å². The van der Waals surface area contributed by atoms with Gasteiger partial charge in [-0.2, -0.15) is 4.98 Å². The largest absolute Gasteiger partial charge is 0.381 e.